The molecule has 5 aromatic rings. The van der Waals surface area contributed by atoms with Crippen LogP contribution in [-0.4, -0.2) is 36.3 Å². The van der Waals surface area contributed by atoms with E-state index in [4.69, 9.17) is 14.2 Å². The van der Waals surface area contributed by atoms with E-state index in [1.165, 1.54) is 6.21 Å². The van der Waals surface area contributed by atoms with Gasteiger partial charge in [0.25, 0.3) is 5.91 Å². The molecule has 224 valence electrons. The predicted molar refractivity (Wildman–Crippen MR) is 182 cm³/mol. The Bertz CT molecular complexity index is 1870. The Hall–Kier alpha value is -3.93. The van der Waals surface area contributed by atoms with Crippen LogP contribution in [0, 0.1) is 0 Å². The van der Waals surface area contributed by atoms with E-state index in [9.17, 15) is 9.59 Å². The first-order valence-electron chi connectivity index (χ1n) is 13.6. The molecule has 4 aromatic carbocycles. The Morgan fingerprint density at radius 2 is 1.61 bits per heavy atom. The van der Waals surface area contributed by atoms with Crippen LogP contribution in [0.3, 0.4) is 0 Å². The van der Waals surface area contributed by atoms with E-state index in [-0.39, 0.29) is 11.3 Å². The number of fused-ring (bicyclic) bond motifs is 1. The molecule has 0 fully saturated rings. The number of carbonyl (C=O) groups is 2. The number of amides is 1. The van der Waals surface area contributed by atoms with Gasteiger partial charge < -0.3 is 19.2 Å². The van der Waals surface area contributed by atoms with E-state index in [2.05, 4.69) is 63.3 Å². The van der Waals surface area contributed by atoms with Crippen LogP contribution in [0.25, 0.3) is 22.0 Å². The summed E-state index contributed by atoms with van der Waals surface area (Å²) in [6.45, 7) is 4.59. The summed E-state index contributed by atoms with van der Waals surface area (Å²) in [4.78, 5) is 29.9. The molecule has 0 radical (unpaired) electrons. The molecule has 2 N–H and O–H groups in total. The molecular weight excluding hydrogens is 758 g/mol. The van der Waals surface area contributed by atoms with Gasteiger partial charge in [0.15, 0.2) is 17.2 Å². The highest BCUT2D eigenvalue weighted by Gasteiger charge is 2.21. The van der Waals surface area contributed by atoms with Crippen molar-refractivity contribution in [2.24, 2.45) is 5.10 Å². The number of para-hydroxylation sites is 1. The van der Waals surface area contributed by atoms with Crippen molar-refractivity contribution in [2.75, 3.05) is 13.2 Å². The monoisotopic (exact) mass is 781 g/mol. The van der Waals surface area contributed by atoms with Crippen LogP contribution in [0.1, 0.15) is 40.3 Å². The summed E-state index contributed by atoms with van der Waals surface area (Å²) in [5, 5.41) is 5.11. The van der Waals surface area contributed by atoms with Gasteiger partial charge in [-0.25, -0.2) is 10.2 Å². The molecule has 0 atom stereocenters. The van der Waals surface area contributed by atoms with E-state index in [0.717, 1.165) is 26.5 Å². The minimum atomic E-state index is -0.605. The summed E-state index contributed by atoms with van der Waals surface area (Å²) in [5.41, 5.74) is 6.14. The second-order valence-corrected chi connectivity index (χ2v) is 11.9. The molecule has 0 saturated carbocycles. The number of rotatable bonds is 10. The quantitative estimate of drug-likeness (QED) is 0.0638. The number of carbonyl (C=O) groups excluding carboxylic acids is 2. The normalized spacial score (nSPS) is 11.1. The van der Waals surface area contributed by atoms with Crippen LogP contribution < -0.4 is 19.6 Å². The number of nitrogens with zero attached hydrogens (tertiary/aromatic N) is 1. The van der Waals surface area contributed by atoms with Crippen molar-refractivity contribution in [3.8, 4) is 28.4 Å². The van der Waals surface area contributed by atoms with Gasteiger partial charge in [0.05, 0.1) is 35.0 Å². The number of benzene rings is 4. The fourth-order valence-corrected chi connectivity index (χ4v) is 6.39. The molecule has 1 heterocycles. The Labute approximate surface area is 279 Å². The van der Waals surface area contributed by atoms with Gasteiger partial charge in [0.2, 0.25) is 0 Å². The van der Waals surface area contributed by atoms with Gasteiger partial charge in [-0.1, -0.05) is 58.4 Å². The average Bonchev–Trinajstić information content (AvgIpc) is 3.41. The lowest BCUT2D eigenvalue weighted by atomic mass is 10.0. The zero-order chi connectivity index (χ0) is 31.2. The summed E-state index contributed by atoms with van der Waals surface area (Å²) in [6, 6.07) is 23.8. The number of ether oxygens (including phenoxy) is 3. The highest BCUT2D eigenvalue weighted by atomic mass is 79.9. The van der Waals surface area contributed by atoms with Crippen LogP contribution in [0.5, 0.6) is 17.2 Å². The number of nitrogens with one attached hydrogen (secondary N) is 2. The standard InChI is InChI=1S/C33H26Br3N3O5/c1-3-42-26-14-13-20(16-27(26)43-4-2)33(41)44-31-21(15-22(34)17-25(31)36)18-37-39-32(40)30-28(19-9-6-5-7-10-19)23-11-8-12-24(35)29(23)38-30/h5-18,38H,3-4H2,1-2H3,(H,39,40). The van der Waals surface area contributed by atoms with Crippen LogP contribution in [0.15, 0.2) is 97.4 Å². The largest absolute Gasteiger partial charge is 0.490 e. The third-order valence-electron chi connectivity index (χ3n) is 6.45. The molecule has 0 saturated heterocycles. The van der Waals surface area contributed by atoms with Gasteiger partial charge in [-0.3, -0.25) is 4.79 Å². The summed E-state index contributed by atoms with van der Waals surface area (Å²) in [7, 11) is 0. The molecule has 0 aliphatic heterocycles. The zero-order valence-electron chi connectivity index (χ0n) is 23.6. The number of halogens is 3. The number of aromatic amines is 1. The van der Waals surface area contributed by atoms with Crippen molar-refractivity contribution in [1.82, 2.24) is 10.4 Å². The van der Waals surface area contributed by atoms with E-state index < -0.39 is 11.9 Å². The SMILES string of the molecule is CCOc1ccc(C(=O)Oc2c(Br)cc(Br)cc2C=NNC(=O)c2[nH]c3c(Br)cccc3c2-c2ccccc2)cc1OCC. The van der Waals surface area contributed by atoms with Gasteiger partial charge in [-0.15, -0.1) is 0 Å². The minimum absolute atomic E-state index is 0.225. The highest BCUT2D eigenvalue weighted by Crippen LogP contribution is 2.36. The maximum Gasteiger partial charge on any atom is 0.343 e. The number of H-pyrrole nitrogens is 1. The summed E-state index contributed by atoms with van der Waals surface area (Å²) >= 11 is 10.5. The van der Waals surface area contributed by atoms with Gasteiger partial charge in [-0.2, -0.15) is 5.10 Å². The third-order valence-corrected chi connectivity index (χ3v) is 8.16. The van der Waals surface area contributed by atoms with E-state index in [1.807, 2.05) is 62.4 Å². The fourth-order valence-electron chi connectivity index (χ4n) is 4.59. The first-order valence-corrected chi connectivity index (χ1v) is 16.0. The molecule has 0 unspecified atom stereocenters. The van der Waals surface area contributed by atoms with Gasteiger partial charge >= 0.3 is 5.97 Å². The molecule has 5 rings (SSSR count). The predicted octanol–water partition coefficient (Wildman–Crippen LogP) is 8.90. The molecule has 44 heavy (non-hydrogen) atoms. The number of hydrogen-bond donors (Lipinski definition) is 2. The Morgan fingerprint density at radius 1 is 0.864 bits per heavy atom. The molecule has 8 nitrogen and oxygen atoms in total. The number of hydrogen-bond acceptors (Lipinski definition) is 6. The minimum Gasteiger partial charge on any atom is -0.490 e. The Morgan fingerprint density at radius 3 is 2.36 bits per heavy atom. The second kappa shape index (κ2) is 14.2. The van der Waals surface area contributed by atoms with E-state index >= 15 is 0 Å². The van der Waals surface area contributed by atoms with Crippen LogP contribution >= 0.6 is 47.8 Å². The molecule has 0 spiro atoms. The van der Waals surface area contributed by atoms with Gasteiger partial charge in [0, 0.05) is 25.5 Å². The number of hydrazone groups is 1. The molecule has 0 aliphatic carbocycles. The third kappa shape index (κ3) is 6.90. The molecule has 11 heteroatoms. The topological polar surface area (TPSA) is 102 Å². The van der Waals surface area contributed by atoms with Crippen LogP contribution in [0.2, 0.25) is 0 Å². The second-order valence-electron chi connectivity index (χ2n) is 9.33. The summed E-state index contributed by atoms with van der Waals surface area (Å²) in [5.74, 6) is 0.169. The first-order chi connectivity index (χ1) is 21.3. The number of aromatic nitrogens is 1. The molecule has 0 bridgehead atoms. The average molecular weight is 784 g/mol. The molecule has 0 aliphatic rings. The van der Waals surface area contributed by atoms with Crippen LogP contribution in [-0.2, 0) is 0 Å². The molecule has 1 amide bonds. The number of esters is 1. The lowest BCUT2D eigenvalue weighted by molar-refractivity contribution is 0.0732. The zero-order valence-corrected chi connectivity index (χ0v) is 28.4. The van der Waals surface area contributed by atoms with Crippen molar-refractivity contribution in [2.45, 2.75) is 13.8 Å². The van der Waals surface area contributed by atoms with E-state index in [1.54, 1.807) is 30.3 Å². The fraction of sp³-hybridized carbons (Fsp3) is 0.121. The maximum atomic E-state index is 13.5. The molecular formula is C33H26Br3N3O5. The lowest BCUT2D eigenvalue weighted by Crippen LogP contribution is -2.19. The van der Waals surface area contributed by atoms with Crippen molar-refractivity contribution >= 4 is 76.8 Å². The lowest BCUT2D eigenvalue weighted by Gasteiger charge is -2.13. The van der Waals surface area contributed by atoms with Crippen molar-refractivity contribution < 1.29 is 23.8 Å². The molecule has 1 aromatic heterocycles. The maximum absolute atomic E-state index is 13.5. The van der Waals surface area contributed by atoms with Gasteiger partial charge in [-0.05, 0) is 87.7 Å². The van der Waals surface area contributed by atoms with Crippen LogP contribution in [0.4, 0.5) is 0 Å². The first kappa shape index (κ1) is 31.5. The van der Waals surface area contributed by atoms with Gasteiger partial charge in [0.1, 0.15) is 5.69 Å². The summed E-state index contributed by atoms with van der Waals surface area (Å²) < 4.78 is 19.1. The van der Waals surface area contributed by atoms with Crippen molar-refractivity contribution in [3.05, 3.63) is 109 Å². The Balaban J connectivity index is 1.42. The Kier molecular flexibility index (Phi) is 10.2. The smallest absolute Gasteiger partial charge is 0.343 e. The highest BCUT2D eigenvalue weighted by molar-refractivity contribution is 9.11. The van der Waals surface area contributed by atoms with E-state index in [0.29, 0.717) is 44.9 Å². The summed E-state index contributed by atoms with van der Waals surface area (Å²) in [6.07, 6.45) is 1.42. The van der Waals surface area contributed by atoms with Crippen molar-refractivity contribution in [3.63, 3.8) is 0 Å². The van der Waals surface area contributed by atoms with Crippen molar-refractivity contribution in [1.29, 1.82) is 0 Å².